The van der Waals surface area contributed by atoms with Crippen molar-refractivity contribution in [3.8, 4) is 0 Å². The van der Waals surface area contributed by atoms with Crippen LogP contribution in [0.25, 0.3) is 0 Å². The first-order valence-electron chi connectivity index (χ1n) is 16.0. The van der Waals surface area contributed by atoms with Crippen molar-refractivity contribution in [1.82, 2.24) is 0 Å². The molecule has 0 aliphatic carbocycles. The van der Waals surface area contributed by atoms with Gasteiger partial charge in [-0.05, 0) is 38.5 Å². The number of rotatable bonds is 30. The van der Waals surface area contributed by atoms with Crippen molar-refractivity contribution < 1.29 is 34.2 Å². The Morgan fingerprint density at radius 1 is 0.462 bits per heavy atom. The van der Waals surface area contributed by atoms with Crippen LogP contribution in [-0.4, -0.2) is 63.9 Å². The average Bonchev–Trinajstić information content (AvgIpc) is 2.90. The van der Waals surface area contributed by atoms with E-state index in [0.29, 0.717) is 6.54 Å². The van der Waals surface area contributed by atoms with E-state index in [1.54, 1.807) is 0 Å². The van der Waals surface area contributed by atoms with Crippen molar-refractivity contribution in [1.29, 1.82) is 0 Å². The lowest BCUT2D eigenvalue weighted by molar-refractivity contribution is -0.927. The number of unbranched alkanes of at least 4 members (excludes halogenated alkanes) is 17. The van der Waals surface area contributed by atoms with Gasteiger partial charge in [0.05, 0.1) is 45.4 Å². The zero-order chi connectivity index (χ0) is 29.0. The number of aliphatic carboxylic acids is 3. The molecular formula is C32H60NO6+. The quantitative estimate of drug-likeness (QED) is 0.0468. The maximum Gasteiger partial charge on any atom is 0.309 e. The van der Waals surface area contributed by atoms with E-state index in [9.17, 15) is 14.4 Å². The molecule has 0 spiro atoms. The Morgan fingerprint density at radius 3 is 1.10 bits per heavy atom. The Balaban J connectivity index is 3.86. The minimum atomic E-state index is -0.931. The molecule has 0 rings (SSSR count). The number of nitrogens with zero attached hydrogens (tertiary/aromatic N) is 1. The largest absolute Gasteiger partial charge is 0.481 e. The van der Waals surface area contributed by atoms with Gasteiger partial charge in [0.15, 0.2) is 0 Å². The molecule has 3 N–H and O–H groups in total. The first kappa shape index (κ1) is 37.1. The number of hydrogen-bond acceptors (Lipinski definition) is 3. The van der Waals surface area contributed by atoms with Crippen LogP contribution >= 0.6 is 0 Å². The number of carbonyl (C=O) groups is 3. The summed E-state index contributed by atoms with van der Waals surface area (Å²) in [6.45, 7) is 3.75. The van der Waals surface area contributed by atoms with Crippen molar-refractivity contribution in [3.63, 3.8) is 0 Å². The second kappa shape index (κ2) is 26.3. The summed E-state index contributed by atoms with van der Waals surface area (Å²) in [5, 5.41) is 27.4. The molecule has 0 amide bonds. The normalized spacial score (nSPS) is 11.8. The molecule has 0 aromatic heterocycles. The molecule has 0 saturated heterocycles. The van der Waals surface area contributed by atoms with E-state index in [1.807, 2.05) is 0 Å². The molecule has 0 unspecified atom stereocenters. The summed E-state index contributed by atoms with van der Waals surface area (Å²) in [7, 11) is 0. The van der Waals surface area contributed by atoms with Gasteiger partial charge in [-0.1, -0.05) is 103 Å². The summed E-state index contributed by atoms with van der Waals surface area (Å²) in [5.74, 6) is -2.79. The van der Waals surface area contributed by atoms with Crippen LogP contribution in [0.4, 0.5) is 0 Å². The van der Waals surface area contributed by atoms with Gasteiger partial charge in [-0.3, -0.25) is 14.4 Å². The van der Waals surface area contributed by atoms with Gasteiger partial charge in [-0.2, -0.15) is 0 Å². The highest BCUT2D eigenvalue weighted by atomic mass is 16.4. The summed E-state index contributed by atoms with van der Waals surface area (Å²) in [6, 6.07) is 0. The number of allylic oxidation sites excluding steroid dienone is 2. The zero-order valence-electron chi connectivity index (χ0n) is 25.1. The third-order valence-electron chi connectivity index (χ3n) is 7.79. The summed E-state index contributed by atoms with van der Waals surface area (Å²) < 4.78 is 0.264. The van der Waals surface area contributed by atoms with E-state index in [4.69, 9.17) is 15.3 Å². The molecular weight excluding hydrogens is 494 g/mol. The molecule has 0 saturated carbocycles. The maximum absolute atomic E-state index is 11.1. The van der Waals surface area contributed by atoms with E-state index in [1.165, 1.54) is 103 Å². The monoisotopic (exact) mass is 554 g/mol. The minimum Gasteiger partial charge on any atom is -0.481 e. The summed E-state index contributed by atoms with van der Waals surface area (Å²) >= 11 is 0. The Morgan fingerprint density at radius 2 is 0.769 bits per heavy atom. The number of hydrogen-bond donors (Lipinski definition) is 3. The number of carboxylic acid groups (broad SMARTS) is 3. The molecule has 0 heterocycles. The first-order chi connectivity index (χ1) is 18.8. The fourth-order valence-corrected chi connectivity index (χ4v) is 5.25. The number of carboxylic acids is 3. The highest BCUT2D eigenvalue weighted by molar-refractivity contribution is 5.67. The molecule has 0 aromatic rings. The van der Waals surface area contributed by atoms with Crippen molar-refractivity contribution in [2.45, 2.75) is 148 Å². The Kier molecular flexibility index (Phi) is 25.1. The van der Waals surface area contributed by atoms with Gasteiger partial charge in [-0.15, -0.1) is 0 Å². The van der Waals surface area contributed by atoms with Crippen LogP contribution in [0.2, 0.25) is 0 Å². The first-order valence-corrected chi connectivity index (χ1v) is 16.0. The highest BCUT2D eigenvalue weighted by Crippen LogP contribution is 2.17. The van der Waals surface area contributed by atoms with Crippen LogP contribution in [0, 0.1) is 0 Å². The summed E-state index contributed by atoms with van der Waals surface area (Å²) in [4.78, 5) is 33.4. The molecule has 39 heavy (non-hydrogen) atoms. The molecule has 7 nitrogen and oxygen atoms in total. The minimum absolute atomic E-state index is 0.0739. The molecule has 0 atom stereocenters. The van der Waals surface area contributed by atoms with Crippen molar-refractivity contribution in [2.24, 2.45) is 0 Å². The molecule has 0 radical (unpaired) electrons. The molecule has 0 fully saturated rings. The van der Waals surface area contributed by atoms with Gasteiger partial charge in [0.1, 0.15) is 0 Å². The predicted molar refractivity (Wildman–Crippen MR) is 159 cm³/mol. The van der Waals surface area contributed by atoms with Crippen LogP contribution < -0.4 is 0 Å². The summed E-state index contributed by atoms with van der Waals surface area (Å²) in [5.41, 5.74) is 0. The van der Waals surface area contributed by atoms with E-state index in [0.717, 1.165) is 19.3 Å². The average molecular weight is 555 g/mol. The highest BCUT2D eigenvalue weighted by Gasteiger charge is 2.29. The molecule has 0 aliphatic rings. The van der Waals surface area contributed by atoms with Crippen molar-refractivity contribution in [2.75, 3.05) is 26.2 Å². The van der Waals surface area contributed by atoms with Gasteiger partial charge in [0, 0.05) is 0 Å². The van der Waals surface area contributed by atoms with Crippen LogP contribution in [0.5, 0.6) is 0 Å². The molecule has 0 aromatic carbocycles. The van der Waals surface area contributed by atoms with Crippen LogP contribution in [0.15, 0.2) is 12.2 Å². The lowest BCUT2D eigenvalue weighted by Crippen LogP contribution is -2.52. The molecule has 0 aliphatic heterocycles. The van der Waals surface area contributed by atoms with Gasteiger partial charge < -0.3 is 19.8 Å². The Labute approximate surface area is 238 Å². The second-order valence-corrected chi connectivity index (χ2v) is 11.4. The Hall–Kier alpha value is -1.89. The fraction of sp³-hybridized carbons (Fsp3) is 0.844. The van der Waals surface area contributed by atoms with E-state index >= 15 is 0 Å². The van der Waals surface area contributed by atoms with E-state index < -0.39 is 17.9 Å². The van der Waals surface area contributed by atoms with Gasteiger partial charge in [-0.25, -0.2) is 0 Å². The zero-order valence-corrected chi connectivity index (χ0v) is 25.1. The smallest absolute Gasteiger partial charge is 0.309 e. The third-order valence-corrected chi connectivity index (χ3v) is 7.79. The van der Waals surface area contributed by atoms with E-state index in [-0.39, 0.29) is 43.4 Å². The molecule has 7 heteroatoms. The molecule has 0 bridgehead atoms. The maximum atomic E-state index is 11.1. The van der Waals surface area contributed by atoms with Gasteiger partial charge in [0.2, 0.25) is 0 Å². The lowest BCUT2D eigenvalue weighted by Gasteiger charge is -2.38. The molecule has 228 valence electrons. The van der Waals surface area contributed by atoms with E-state index in [2.05, 4.69) is 19.1 Å². The standard InChI is InChI=1S/C32H59NO6/c1-2-3-4-5-6-7-8-9-10-11-12-13-14-15-16-17-18-19-20-21-22-26-33(27-23-30(34)35,28-24-31(36)37)29-25-32(38)39/h8-9H,2-7,10-29H2,1H3,(H2-,34,35,36,37,38,39)/p+1/b9-8+. The van der Waals surface area contributed by atoms with Gasteiger partial charge in [0.25, 0.3) is 0 Å². The van der Waals surface area contributed by atoms with Crippen LogP contribution in [0.1, 0.15) is 148 Å². The van der Waals surface area contributed by atoms with Crippen molar-refractivity contribution >= 4 is 17.9 Å². The van der Waals surface area contributed by atoms with Crippen LogP contribution in [0.3, 0.4) is 0 Å². The predicted octanol–water partition coefficient (Wildman–Crippen LogP) is 8.22. The topological polar surface area (TPSA) is 112 Å². The SMILES string of the molecule is CCCCCCC/C=C/CCCCCCCCCCCCCC[N+](CCC(=O)O)(CCC(=O)O)CCC(=O)O. The lowest BCUT2D eigenvalue weighted by atomic mass is 10.0. The Bertz CT molecular complexity index is 603. The third kappa shape index (κ3) is 26.1. The van der Waals surface area contributed by atoms with Gasteiger partial charge >= 0.3 is 17.9 Å². The van der Waals surface area contributed by atoms with Crippen LogP contribution in [-0.2, 0) is 14.4 Å². The second-order valence-electron chi connectivity index (χ2n) is 11.4. The number of quaternary nitrogens is 1. The van der Waals surface area contributed by atoms with Crippen molar-refractivity contribution in [3.05, 3.63) is 12.2 Å². The summed E-state index contributed by atoms with van der Waals surface area (Å²) in [6.07, 6.45) is 28.5. The fourth-order valence-electron chi connectivity index (χ4n) is 5.25.